The Morgan fingerprint density at radius 1 is 1.17 bits per heavy atom. The van der Waals surface area contributed by atoms with E-state index in [1.54, 1.807) is 18.3 Å². The molecule has 0 saturated carbocycles. The molecule has 1 aliphatic rings. The van der Waals surface area contributed by atoms with Crippen molar-refractivity contribution in [2.75, 3.05) is 0 Å². The fourth-order valence-electron chi connectivity index (χ4n) is 4.16. The van der Waals surface area contributed by atoms with Gasteiger partial charge in [0.25, 0.3) is 0 Å². The zero-order chi connectivity index (χ0) is 20.8. The standard InChI is InChI=1S/C23H27N3O2S/c1-13-18(21(14(2)27)28-23(3,4)5)19(15-10-24-12-25-11-15)20-16-8-6-7-9-17(16)29-22(20)26-13/h10-12,21H,6-9H2,1-5H3. The molecule has 0 spiro atoms. The Morgan fingerprint density at radius 3 is 2.52 bits per heavy atom. The molecule has 0 amide bonds. The van der Waals surface area contributed by atoms with Crippen LogP contribution in [0.2, 0.25) is 0 Å². The Balaban J connectivity index is 2.08. The molecule has 0 N–H and O–H groups in total. The van der Waals surface area contributed by atoms with Crippen molar-refractivity contribution in [3.05, 3.63) is 40.4 Å². The van der Waals surface area contributed by atoms with Gasteiger partial charge in [-0.2, -0.15) is 0 Å². The molecular formula is C23H27N3O2S. The number of aryl methyl sites for hydroxylation is 3. The number of ether oxygens (including phenoxy) is 1. The Morgan fingerprint density at radius 2 is 1.86 bits per heavy atom. The van der Waals surface area contributed by atoms with Crippen molar-refractivity contribution < 1.29 is 9.53 Å². The highest BCUT2D eigenvalue weighted by molar-refractivity contribution is 7.19. The fourth-order valence-corrected chi connectivity index (χ4v) is 5.48. The van der Waals surface area contributed by atoms with Crippen molar-refractivity contribution >= 4 is 27.3 Å². The molecule has 1 aliphatic carbocycles. The maximum absolute atomic E-state index is 12.7. The molecule has 0 aromatic carbocycles. The van der Waals surface area contributed by atoms with Crippen LogP contribution in [0.25, 0.3) is 21.3 Å². The Hall–Kier alpha value is -2.18. The van der Waals surface area contributed by atoms with Crippen LogP contribution in [0.5, 0.6) is 0 Å². The summed E-state index contributed by atoms with van der Waals surface area (Å²) in [7, 11) is 0. The molecule has 29 heavy (non-hydrogen) atoms. The third-order valence-corrected chi connectivity index (χ3v) is 6.47. The lowest BCUT2D eigenvalue weighted by Crippen LogP contribution is -2.27. The number of aromatic nitrogens is 3. The SMILES string of the molecule is CC(=O)C(OC(C)(C)C)c1c(C)nc2sc3c(c2c1-c1cncnc1)CCCC3. The minimum atomic E-state index is -0.679. The van der Waals surface area contributed by atoms with Gasteiger partial charge in [0.05, 0.1) is 5.60 Å². The molecule has 6 heteroatoms. The molecule has 0 saturated heterocycles. The summed E-state index contributed by atoms with van der Waals surface area (Å²) in [5.41, 5.74) is 4.52. The van der Waals surface area contributed by atoms with Crippen LogP contribution in [0.4, 0.5) is 0 Å². The van der Waals surface area contributed by atoms with Crippen molar-refractivity contribution in [3.63, 3.8) is 0 Å². The van der Waals surface area contributed by atoms with Gasteiger partial charge in [-0.3, -0.25) is 4.79 Å². The number of fused-ring (bicyclic) bond motifs is 3. The molecule has 3 aromatic heterocycles. The minimum Gasteiger partial charge on any atom is -0.360 e. The van der Waals surface area contributed by atoms with E-state index in [9.17, 15) is 4.79 Å². The summed E-state index contributed by atoms with van der Waals surface area (Å²) in [6.45, 7) is 9.49. The molecule has 0 aliphatic heterocycles. The molecule has 4 rings (SSSR count). The second kappa shape index (κ2) is 7.58. The van der Waals surface area contributed by atoms with Crippen molar-refractivity contribution in [1.29, 1.82) is 0 Å². The molecule has 0 bridgehead atoms. The lowest BCUT2D eigenvalue weighted by molar-refractivity contribution is -0.138. The topological polar surface area (TPSA) is 65.0 Å². The predicted molar refractivity (Wildman–Crippen MR) is 116 cm³/mol. The predicted octanol–water partition coefficient (Wildman–Crippen LogP) is 5.39. The zero-order valence-electron chi connectivity index (χ0n) is 17.7. The molecule has 152 valence electrons. The van der Waals surface area contributed by atoms with Gasteiger partial charge in [-0.1, -0.05) is 0 Å². The molecule has 3 heterocycles. The van der Waals surface area contributed by atoms with E-state index in [2.05, 4.69) is 9.97 Å². The molecule has 0 radical (unpaired) electrons. The third kappa shape index (κ3) is 3.83. The van der Waals surface area contributed by atoms with E-state index in [-0.39, 0.29) is 5.78 Å². The number of pyridine rings is 1. The zero-order valence-corrected chi connectivity index (χ0v) is 18.5. The number of hydrogen-bond donors (Lipinski definition) is 0. The number of ketones is 1. The van der Waals surface area contributed by atoms with E-state index >= 15 is 0 Å². The van der Waals surface area contributed by atoms with Crippen molar-refractivity contribution in [2.45, 2.75) is 72.0 Å². The number of carbonyl (C=O) groups is 1. The van der Waals surface area contributed by atoms with Gasteiger partial charge in [0.1, 0.15) is 17.3 Å². The summed E-state index contributed by atoms with van der Waals surface area (Å²) in [6, 6.07) is 0. The van der Waals surface area contributed by atoms with Crippen LogP contribution < -0.4 is 0 Å². The summed E-state index contributed by atoms with van der Waals surface area (Å²) in [5.74, 6) is -0.0219. The van der Waals surface area contributed by atoms with E-state index in [0.717, 1.165) is 45.4 Å². The number of Topliss-reactive ketones (excluding diaryl/α,β-unsaturated/α-hetero) is 1. The lowest BCUT2D eigenvalue weighted by atomic mass is 9.88. The first kappa shape index (κ1) is 20.1. The maximum Gasteiger partial charge on any atom is 0.163 e. The van der Waals surface area contributed by atoms with Crippen LogP contribution in [-0.2, 0) is 22.4 Å². The van der Waals surface area contributed by atoms with E-state index < -0.39 is 11.7 Å². The van der Waals surface area contributed by atoms with Crippen molar-refractivity contribution in [3.8, 4) is 11.1 Å². The van der Waals surface area contributed by atoms with Gasteiger partial charge >= 0.3 is 0 Å². The second-order valence-electron chi connectivity index (χ2n) is 8.73. The quantitative estimate of drug-likeness (QED) is 0.578. The highest BCUT2D eigenvalue weighted by Crippen LogP contribution is 2.45. The molecule has 5 nitrogen and oxygen atoms in total. The number of hydrogen-bond acceptors (Lipinski definition) is 6. The molecule has 3 aromatic rings. The van der Waals surface area contributed by atoms with Crippen LogP contribution in [0.3, 0.4) is 0 Å². The summed E-state index contributed by atoms with van der Waals surface area (Å²) < 4.78 is 6.27. The molecule has 1 atom stereocenters. The van der Waals surface area contributed by atoms with Gasteiger partial charge < -0.3 is 4.74 Å². The Labute approximate surface area is 175 Å². The monoisotopic (exact) mass is 409 g/mol. The molecular weight excluding hydrogens is 382 g/mol. The van der Waals surface area contributed by atoms with Crippen LogP contribution in [0.15, 0.2) is 18.7 Å². The van der Waals surface area contributed by atoms with E-state index in [0.29, 0.717) is 0 Å². The van der Waals surface area contributed by atoms with Crippen molar-refractivity contribution in [2.24, 2.45) is 0 Å². The van der Waals surface area contributed by atoms with Crippen molar-refractivity contribution in [1.82, 2.24) is 15.0 Å². The Bertz CT molecular complexity index is 1070. The highest BCUT2D eigenvalue weighted by Gasteiger charge is 2.32. The fraction of sp³-hybridized carbons (Fsp3) is 0.478. The van der Waals surface area contributed by atoms with Gasteiger partial charge in [-0.05, 0) is 65.9 Å². The first-order valence-electron chi connectivity index (χ1n) is 10.1. The number of thiophene rings is 1. The van der Waals surface area contributed by atoms with Crippen LogP contribution in [0.1, 0.15) is 68.3 Å². The summed E-state index contributed by atoms with van der Waals surface area (Å²) in [5, 5.41) is 1.16. The second-order valence-corrected chi connectivity index (χ2v) is 9.81. The van der Waals surface area contributed by atoms with Gasteiger partial charge in [0, 0.05) is 45.0 Å². The highest BCUT2D eigenvalue weighted by atomic mass is 32.1. The minimum absolute atomic E-state index is 0.0219. The number of carbonyl (C=O) groups excluding carboxylic acids is 1. The van der Waals surface area contributed by atoms with Gasteiger partial charge in [0.15, 0.2) is 5.78 Å². The third-order valence-electron chi connectivity index (χ3n) is 5.28. The average molecular weight is 410 g/mol. The summed E-state index contributed by atoms with van der Waals surface area (Å²) in [6.07, 6.45) is 9.06. The first-order chi connectivity index (χ1) is 13.8. The number of nitrogens with zero attached hydrogens (tertiary/aromatic N) is 3. The first-order valence-corrected chi connectivity index (χ1v) is 11.0. The molecule has 1 unspecified atom stereocenters. The van der Waals surface area contributed by atoms with Crippen LogP contribution in [-0.4, -0.2) is 26.3 Å². The summed E-state index contributed by atoms with van der Waals surface area (Å²) in [4.78, 5) is 28.7. The van der Waals surface area contributed by atoms with Crippen LogP contribution >= 0.6 is 11.3 Å². The normalized spacial score (nSPS) is 15.3. The van der Waals surface area contributed by atoms with Gasteiger partial charge in [-0.25, -0.2) is 15.0 Å². The average Bonchev–Trinajstić information content (AvgIpc) is 3.03. The van der Waals surface area contributed by atoms with E-state index in [1.165, 1.54) is 29.6 Å². The smallest absolute Gasteiger partial charge is 0.163 e. The summed E-state index contributed by atoms with van der Waals surface area (Å²) >= 11 is 1.79. The maximum atomic E-state index is 12.7. The van der Waals surface area contributed by atoms with Gasteiger partial charge in [0.2, 0.25) is 0 Å². The van der Waals surface area contributed by atoms with Gasteiger partial charge in [-0.15, -0.1) is 11.3 Å². The largest absolute Gasteiger partial charge is 0.360 e. The van der Waals surface area contributed by atoms with E-state index in [1.807, 2.05) is 40.1 Å². The number of rotatable bonds is 4. The lowest BCUT2D eigenvalue weighted by Gasteiger charge is -2.29. The van der Waals surface area contributed by atoms with E-state index in [4.69, 9.17) is 9.72 Å². The molecule has 0 fully saturated rings. The Kier molecular flexibility index (Phi) is 5.25. The van der Waals surface area contributed by atoms with Crippen LogP contribution in [0, 0.1) is 6.92 Å².